The third-order valence-electron chi connectivity index (χ3n) is 4.11. The summed E-state index contributed by atoms with van der Waals surface area (Å²) in [6.45, 7) is 1.33. The first kappa shape index (κ1) is 16.5. The zero-order valence-corrected chi connectivity index (χ0v) is 13.7. The second-order valence-corrected chi connectivity index (χ2v) is 6.64. The molecule has 7 nitrogen and oxygen atoms in total. The molecule has 1 amide bonds. The van der Waals surface area contributed by atoms with Crippen LogP contribution in [0.25, 0.3) is 10.6 Å². The number of nitrogens with zero attached hydrogens (tertiary/aromatic N) is 3. The number of nitro benzene ring substituents is 1. The summed E-state index contributed by atoms with van der Waals surface area (Å²) in [7, 11) is 0. The predicted molar refractivity (Wildman–Crippen MR) is 89.9 cm³/mol. The minimum atomic E-state index is -0.450. The molecule has 2 aromatic rings. The van der Waals surface area contributed by atoms with Crippen LogP contribution < -0.4 is 0 Å². The van der Waals surface area contributed by atoms with Gasteiger partial charge in [-0.1, -0.05) is 0 Å². The number of amides is 1. The quantitative estimate of drug-likeness (QED) is 0.677. The van der Waals surface area contributed by atoms with Crippen molar-refractivity contribution in [2.24, 2.45) is 5.92 Å². The molecule has 0 aliphatic carbocycles. The van der Waals surface area contributed by atoms with Crippen LogP contribution in [0.1, 0.15) is 23.3 Å². The minimum absolute atomic E-state index is 0.0231. The van der Waals surface area contributed by atoms with Crippen molar-refractivity contribution in [3.8, 4) is 10.6 Å². The molecule has 1 atom stereocenters. The highest BCUT2D eigenvalue weighted by Crippen LogP contribution is 2.27. The SMILES string of the molecule is O=C(c1csc(-c2ccc([N+](=O)[O-])cc2)n1)N1CCCC(CO)C1. The van der Waals surface area contributed by atoms with Gasteiger partial charge in [0.05, 0.1) is 4.92 Å². The van der Waals surface area contributed by atoms with E-state index in [1.807, 2.05) is 0 Å². The molecule has 1 aromatic heterocycles. The number of rotatable bonds is 4. The van der Waals surface area contributed by atoms with Gasteiger partial charge >= 0.3 is 0 Å². The van der Waals surface area contributed by atoms with Crippen molar-refractivity contribution in [1.29, 1.82) is 0 Å². The summed E-state index contributed by atoms with van der Waals surface area (Å²) in [6, 6.07) is 6.12. The van der Waals surface area contributed by atoms with Gasteiger partial charge in [0.25, 0.3) is 11.6 Å². The Balaban J connectivity index is 1.75. The van der Waals surface area contributed by atoms with E-state index >= 15 is 0 Å². The molecule has 0 spiro atoms. The third-order valence-corrected chi connectivity index (χ3v) is 5.00. The van der Waals surface area contributed by atoms with Gasteiger partial charge in [-0.2, -0.15) is 0 Å². The molecule has 1 aromatic carbocycles. The Morgan fingerprint density at radius 1 is 1.42 bits per heavy atom. The van der Waals surface area contributed by atoms with Gasteiger partial charge in [-0.05, 0) is 30.9 Å². The Bertz CT molecular complexity index is 744. The molecule has 1 unspecified atom stereocenters. The highest BCUT2D eigenvalue weighted by molar-refractivity contribution is 7.13. The van der Waals surface area contributed by atoms with E-state index in [0.717, 1.165) is 18.4 Å². The number of carbonyl (C=O) groups is 1. The zero-order chi connectivity index (χ0) is 17.1. The van der Waals surface area contributed by atoms with E-state index in [1.54, 1.807) is 22.4 Å². The van der Waals surface area contributed by atoms with E-state index in [9.17, 15) is 20.0 Å². The van der Waals surface area contributed by atoms with Gasteiger partial charge in [-0.3, -0.25) is 14.9 Å². The Kier molecular flexibility index (Phi) is 4.86. The molecular formula is C16H17N3O4S. The fourth-order valence-electron chi connectivity index (χ4n) is 2.79. The van der Waals surface area contributed by atoms with Crippen LogP contribution in [0.5, 0.6) is 0 Å². The van der Waals surface area contributed by atoms with Crippen LogP contribution in [0.15, 0.2) is 29.6 Å². The summed E-state index contributed by atoms with van der Waals surface area (Å²) in [6.07, 6.45) is 1.82. The fourth-order valence-corrected chi connectivity index (χ4v) is 3.59. The first-order valence-corrected chi connectivity index (χ1v) is 8.57. The van der Waals surface area contributed by atoms with Gasteiger partial charge in [0.2, 0.25) is 0 Å². The number of hydrogen-bond acceptors (Lipinski definition) is 6. The molecule has 1 N–H and O–H groups in total. The molecule has 2 heterocycles. The molecule has 1 aliphatic heterocycles. The van der Waals surface area contributed by atoms with Crippen molar-refractivity contribution in [3.63, 3.8) is 0 Å². The summed E-state index contributed by atoms with van der Waals surface area (Å²) >= 11 is 1.34. The van der Waals surface area contributed by atoms with Crippen molar-refractivity contribution >= 4 is 22.9 Å². The maximum Gasteiger partial charge on any atom is 0.273 e. The lowest BCUT2D eigenvalue weighted by atomic mass is 9.99. The van der Waals surface area contributed by atoms with Gasteiger partial charge in [0, 0.05) is 42.8 Å². The Morgan fingerprint density at radius 2 is 2.17 bits per heavy atom. The average molecular weight is 347 g/mol. The van der Waals surface area contributed by atoms with E-state index in [-0.39, 0.29) is 24.1 Å². The Hall–Kier alpha value is -2.32. The first-order valence-electron chi connectivity index (χ1n) is 7.69. The largest absolute Gasteiger partial charge is 0.396 e. The van der Waals surface area contributed by atoms with E-state index in [4.69, 9.17) is 0 Å². The topological polar surface area (TPSA) is 96.6 Å². The monoisotopic (exact) mass is 347 g/mol. The van der Waals surface area contributed by atoms with Crippen LogP contribution in [-0.4, -0.2) is 45.5 Å². The molecule has 0 saturated carbocycles. The van der Waals surface area contributed by atoms with E-state index in [1.165, 1.54) is 23.5 Å². The Morgan fingerprint density at radius 3 is 2.83 bits per heavy atom. The number of aliphatic hydroxyl groups is 1. The third kappa shape index (κ3) is 3.44. The summed E-state index contributed by atoms with van der Waals surface area (Å²) in [5.74, 6) is 0.00744. The standard InChI is InChI=1S/C16H17N3O4S/c20-9-11-2-1-7-18(8-11)16(21)14-10-24-15(17-14)12-3-5-13(6-4-12)19(22)23/h3-6,10-11,20H,1-2,7-9H2. The van der Waals surface area contributed by atoms with Crippen LogP contribution in [0.4, 0.5) is 5.69 Å². The molecule has 8 heteroatoms. The molecule has 3 rings (SSSR count). The second-order valence-electron chi connectivity index (χ2n) is 5.78. The van der Waals surface area contributed by atoms with Crippen molar-refractivity contribution in [2.75, 3.05) is 19.7 Å². The van der Waals surface area contributed by atoms with Crippen molar-refractivity contribution in [3.05, 3.63) is 45.5 Å². The number of thiazole rings is 1. The number of piperidine rings is 1. The first-order chi connectivity index (χ1) is 11.6. The van der Waals surface area contributed by atoms with E-state index in [0.29, 0.717) is 23.8 Å². The molecule has 1 fully saturated rings. The number of nitro groups is 1. The van der Waals surface area contributed by atoms with Gasteiger partial charge in [0.15, 0.2) is 0 Å². The number of likely N-dealkylation sites (tertiary alicyclic amines) is 1. The number of hydrogen-bond donors (Lipinski definition) is 1. The fraction of sp³-hybridized carbons (Fsp3) is 0.375. The summed E-state index contributed by atoms with van der Waals surface area (Å²) in [5, 5.41) is 22.3. The van der Waals surface area contributed by atoms with E-state index in [2.05, 4.69) is 4.98 Å². The molecule has 0 radical (unpaired) electrons. The summed E-state index contributed by atoms with van der Waals surface area (Å²) in [4.78, 5) is 28.9. The number of aromatic nitrogens is 1. The van der Waals surface area contributed by atoms with Gasteiger partial charge in [-0.15, -0.1) is 11.3 Å². The number of non-ortho nitro benzene ring substituents is 1. The lowest BCUT2D eigenvalue weighted by Crippen LogP contribution is -2.41. The molecule has 0 bridgehead atoms. The Labute approximate surface area is 142 Å². The van der Waals surface area contributed by atoms with Crippen LogP contribution in [0.3, 0.4) is 0 Å². The molecule has 24 heavy (non-hydrogen) atoms. The molecule has 126 valence electrons. The van der Waals surface area contributed by atoms with Gasteiger partial charge in [0.1, 0.15) is 10.7 Å². The van der Waals surface area contributed by atoms with Crippen molar-refractivity contribution in [1.82, 2.24) is 9.88 Å². The highest BCUT2D eigenvalue weighted by Gasteiger charge is 2.25. The van der Waals surface area contributed by atoms with Crippen LogP contribution in [0, 0.1) is 16.0 Å². The number of carbonyl (C=O) groups excluding carboxylic acids is 1. The number of aliphatic hydroxyl groups excluding tert-OH is 1. The lowest BCUT2D eigenvalue weighted by molar-refractivity contribution is -0.384. The number of benzene rings is 1. The molecule has 1 saturated heterocycles. The maximum atomic E-state index is 12.5. The van der Waals surface area contributed by atoms with Crippen molar-refractivity contribution < 1.29 is 14.8 Å². The highest BCUT2D eigenvalue weighted by atomic mass is 32.1. The summed E-state index contributed by atoms with van der Waals surface area (Å²) in [5.41, 5.74) is 1.15. The lowest BCUT2D eigenvalue weighted by Gasteiger charge is -2.31. The predicted octanol–water partition coefficient (Wildman–Crippen LogP) is 2.56. The molecule has 1 aliphatic rings. The van der Waals surface area contributed by atoms with Gasteiger partial charge in [-0.25, -0.2) is 4.98 Å². The minimum Gasteiger partial charge on any atom is -0.396 e. The average Bonchev–Trinajstić information content (AvgIpc) is 3.11. The normalized spacial score (nSPS) is 17.7. The summed E-state index contributed by atoms with van der Waals surface area (Å²) < 4.78 is 0. The van der Waals surface area contributed by atoms with E-state index < -0.39 is 4.92 Å². The van der Waals surface area contributed by atoms with Crippen LogP contribution in [0.2, 0.25) is 0 Å². The molecular weight excluding hydrogens is 330 g/mol. The van der Waals surface area contributed by atoms with Gasteiger partial charge < -0.3 is 10.0 Å². The van der Waals surface area contributed by atoms with Crippen molar-refractivity contribution in [2.45, 2.75) is 12.8 Å². The smallest absolute Gasteiger partial charge is 0.273 e. The van der Waals surface area contributed by atoms with Crippen LogP contribution >= 0.6 is 11.3 Å². The zero-order valence-electron chi connectivity index (χ0n) is 12.9. The second kappa shape index (κ2) is 7.06. The maximum absolute atomic E-state index is 12.5. The van der Waals surface area contributed by atoms with Crippen LogP contribution in [-0.2, 0) is 0 Å².